The van der Waals surface area contributed by atoms with E-state index in [2.05, 4.69) is 0 Å². The molecule has 0 spiro atoms. The quantitative estimate of drug-likeness (QED) is 0.782. The van der Waals surface area contributed by atoms with Gasteiger partial charge in [-0.1, -0.05) is 29.3 Å². The Morgan fingerprint density at radius 2 is 1.95 bits per heavy atom. The first kappa shape index (κ1) is 16.8. The van der Waals surface area contributed by atoms with Crippen LogP contribution in [-0.4, -0.2) is 36.0 Å². The van der Waals surface area contributed by atoms with E-state index in [-0.39, 0.29) is 35.7 Å². The fraction of sp³-hybridized carbons (Fsp3) is 0.429. The number of hydrogen-bond acceptors (Lipinski definition) is 3. The van der Waals surface area contributed by atoms with Crippen molar-refractivity contribution in [1.29, 1.82) is 0 Å². The van der Waals surface area contributed by atoms with Crippen molar-refractivity contribution in [2.45, 2.75) is 26.8 Å². The maximum Gasteiger partial charge on any atom is 0.325 e. The van der Waals surface area contributed by atoms with Crippen molar-refractivity contribution < 1.29 is 14.3 Å². The molecule has 0 heterocycles. The summed E-state index contributed by atoms with van der Waals surface area (Å²) in [6.45, 7) is 5.50. The van der Waals surface area contributed by atoms with Crippen LogP contribution in [0, 0.1) is 0 Å². The Morgan fingerprint density at radius 1 is 1.30 bits per heavy atom. The second kappa shape index (κ2) is 7.50. The minimum absolute atomic E-state index is 0.118. The lowest BCUT2D eigenvalue weighted by Gasteiger charge is -2.26. The van der Waals surface area contributed by atoms with Gasteiger partial charge in [0.15, 0.2) is 0 Å². The zero-order chi connectivity index (χ0) is 15.3. The second-order valence-corrected chi connectivity index (χ2v) is 5.22. The Balaban J connectivity index is 3.00. The van der Waals surface area contributed by atoms with E-state index in [1.54, 1.807) is 25.1 Å². The molecular formula is C14H17Cl2NO3. The molecule has 0 aromatic heterocycles. The van der Waals surface area contributed by atoms with Gasteiger partial charge in [-0.05, 0) is 32.9 Å². The Labute approximate surface area is 128 Å². The van der Waals surface area contributed by atoms with E-state index in [4.69, 9.17) is 27.9 Å². The topological polar surface area (TPSA) is 46.6 Å². The van der Waals surface area contributed by atoms with Crippen LogP contribution in [0.25, 0.3) is 0 Å². The van der Waals surface area contributed by atoms with E-state index < -0.39 is 5.97 Å². The maximum absolute atomic E-state index is 12.5. The minimum Gasteiger partial charge on any atom is -0.465 e. The second-order valence-electron chi connectivity index (χ2n) is 4.43. The molecule has 6 heteroatoms. The lowest BCUT2D eigenvalue weighted by atomic mass is 10.1. The standard InChI is InChI=1S/C14H17Cl2NO3/c1-4-20-12(18)8-17(9(2)3)14(19)10-6-5-7-11(15)13(10)16/h5-7,9H,4,8H2,1-3H3. The highest BCUT2D eigenvalue weighted by Gasteiger charge is 2.24. The number of carbonyl (C=O) groups excluding carboxylic acids is 2. The van der Waals surface area contributed by atoms with Crippen LogP contribution in [0.2, 0.25) is 10.0 Å². The summed E-state index contributed by atoms with van der Waals surface area (Å²) in [7, 11) is 0. The maximum atomic E-state index is 12.5. The number of esters is 1. The smallest absolute Gasteiger partial charge is 0.325 e. The van der Waals surface area contributed by atoms with Crippen LogP contribution in [-0.2, 0) is 9.53 Å². The highest BCUT2D eigenvalue weighted by atomic mass is 35.5. The van der Waals surface area contributed by atoms with Crippen molar-refractivity contribution in [3.63, 3.8) is 0 Å². The third-order valence-corrected chi connectivity index (χ3v) is 3.49. The van der Waals surface area contributed by atoms with Gasteiger partial charge in [0.1, 0.15) is 6.54 Å². The molecule has 1 aromatic carbocycles. The molecule has 0 aliphatic heterocycles. The highest BCUT2D eigenvalue weighted by molar-refractivity contribution is 6.43. The minimum atomic E-state index is -0.451. The van der Waals surface area contributed by atoms with E-state index in [0.717, 1.165) is 0 Å². The molecule has 0 saturated carbocycles. The van der Waals surface area contributed by atoms with Crippen LogP contribution in [0.1, 0.15) is 31.1 Å². The molecule has 0 aliphatic carbocycles. The van der Waals surface area contributed by atoms with Crippen molar-refractivity contribution in [2.75, 3.05) is 13.2 Å². The molecule has 0 aliphatic rings. The summed E-state index contributed by atoms with van der Waals surface area (Å²) < 4.78 is 4.87. The fourth-order valence-electron chi connectivity index (χ4n) is 1.66. The zero-order valence-electron chi connectivity index (χ0n) is 11.7. The Kier molecular flexibility index (Phi) is 6.30. The molecule has 1 rings (SSSR count). The predicted molar refractivity (Wildman–Crippen MR) is 79.3 cm³/mol. The Hall–Kier alpha value is -1.26. The SMILES string of the molecule is CCOC(=O)CN(C(=O)c1cccc(Cl)c1Cl)C(C)C. The number of halogens is 2. The van der Waals surface area contributed by atoms with Gasteiger partial charge >= 0.3 is 5.97 Å². The van der Waals surface area contributed by atoms with Crippen LogP contribution < -0.4 is 0 Å². The van der Waals surface area contributed by atoms with Gasteiger partial charge in [0.05, 0.1) is 22.2 Å². The number of benzene rings is 1. The summed E-state index contributed by atoms with van der Waals surface area (Å²) in [5.41, 5.74) is 0.275. The molecule has 1 amide bonds. The van der Waals surface area contributed by atoms with Crippen LogP contribution in [0.4, 0.5) is 0 Å². The number of nitrogens with zero attached hydrogens (tertiary/aromatic N) is 1. The van der Waals surface area contributed by atoms with Crippen molar-refractivity contribution in [3.8, 4) is 0 Å². The number of amides is 1. The van der Waals surface area contributed by atoms with Gasteiger partial charge < -0.3 is 9.64 Å². The lowest BCUT2D eigenvalue weighted by molar-refractivity contribution is -0.144. The van der Waals surface area contributed by atoms with Crippen LogP contribution in [0.5, 0.6) is 0 Å². The van der Waals surface area contributed by atoms with Gasteiger partial charge in [0, 0.05) is 6.04 Å². The van der Waals surface area contributed by atoms with Crippen molar-refractivity contribution in [2.24, 2.45) is 0 Å². The number of hydrogen-bond donors (Lipinski definition) is 0. The monoisotopic (exact) mass is 317 g/mol. The summed E-state index contributed by atoms with van der Waals surface area (Å²) in [6.07, 6.45) is 0. The van der Waals surface area contributed by atoms with Gasteiger partial charge in [-0.2, -0.15) is 0 Å². The highest BCUT2D eigenvalue weighted by Crippen LogP contribution is 2.26. The fourth-order valence-corrected chi connectivity index (χ4v) is 2.04. The van der Waals surface area contributed by atoms with Crippen molar-refractivity contribution >= 4 is 35.1 Å². The van der Waals surface area contributed by atoms with Crippen molar-refractivity contribution in [1.82, 2.24) is 4.90 Å². The van der Waals surface area contributed by atoms with Gasteiger partial charge in [0.2, 0.25) is 0 Å². The van der Waals surface area contributed by atoms with Crippen molar-refractivity contribution in [3.05, 3.63) is 33.8 Å². The first-order chi connectivity index (χ1) is 9.38. The molecular weight excluding hydrogens is 301 g/mol. The Bertz CT molecular complexity index is 503. The molecule has 0 radical (unpaired) electrons. The number of ether oxygens (including phenoxy) is 1. The first-order valence-electron chi connectivity index (χ1n) is 6.29. The summed E-state index contributed by atoms with van der Waals surface area (Å²) in [5, 5.41) is 0.492. The molecule has 0 saturated heterocycles. The van der Waals surface area contributed by atoms with Crippen LogP contribution in [0.15, 0.2) is 18.2 Å². The molecule has 4 nitrogen and oxygen atoms in total. The van der Waals surface area contributed by atoms with Crippen LogP contribution in [0.3, 0.4) is 0 Å². The molecule has 1 aromatic rings. The number of rotatable bonds is 5. The molecule has 0 fully saturated rings. The van der Waals surface area contributed by atoms with E-state index in [1.165, 1.54) is 4.90 Å². The first-order valence-corrected chi connectivity index (χ1v) is 7.04. The van der Waals surface area contributed by atoms with E-state index in [0.29, 0.717) is 5.02 Å². The summed E-state index contributed by atoms with van der Waals surface area (Å²) in [6, 6.07) is 4.66. The average Bonchev–Trinajstić information content (AvgIpc) is 2.38. The molecule has 0 bridgehead atoms. The van der Waals surface area contributed by atoms with Gasteiger partial charge in [0.25, 0.3) is 5.91 Å². The van der Waals surface area contributed by atoms with Gasteiger partial charge in [-0.3, -0.25) is 9.59 Å². The largest absolute Gasteiger partial charge is 0.465 e. The van der Waals surface area contributed by atoms with E-state index >= 15 is 0 Å². The third kappa shape index (κ3) is 4.12. The average molecular weight is 318 g/mol. The summed E-state index contributed by atoms with van der Waals surface area (Å²) in [5.74, 6) is -0.798. The van der Waals surface area contributed by atoms with E-state index in [1.807, 2.05) is 13.8 Å². The van der Waals surface area contributed by atoms with E-state index in [9.17, 15) is 9.59 Å². The third-order valence-electron chi connectivity index (χ3n) is 2.67. The molecule has 0 unspecified atom stereocenters. The predicted octanol–water partition coefficient (Wildman–Crippen LogP) is 3.41. The molecule has 0 N–H and O–H groups in total. The Morgan fingerprint density at radius 3 is 2.50 bits per heavy atom. The van der Waals surface area contributed by atoms with Gasteiger partial charge in [-0.15, -0.1) is 0 Å². The van der Waals surface area contributed by atoms with Crippen LogP contribution >= 0.6 is 23.2 Å². The van der Waals surface area contributed by atoms with Gasteiger partial charge in [-0.25, -0.2) is 0 Å². The normalized spacial score (nSPS) is 10.5. The number of carbonyl (C=O) groups is 2. The zero-order valence-corrected chi connectivity index (χ0v) is 13.2. The summed E-state index contributed by atoms with van der Waals surface area (Å²) in [4.78, 5) is 25.4. The molecule has 110 valence electrons. The summed E-state index contributed by atoms with van der Waals surface area (Å²) >= 11 is 11.9. The molecule has 20 heavy (non-hydrogen) atoms. The molecule has 0 atom stereocenters. The lowest BCUT2D eigenvalue weighted by Crippen LogP contribution is -2.41.